The second-order valence-corrected chi connectivity index (χ2v) is 13.0. The summed E-state index contributed by atoms with van der Waals surface area (Å²) in [6, 6.07) is 17.7. The number of rotatable bonds is 14. The van der Waals surface area contributed by atoms with Gasteiger partial charge in [-0.1, -0.05) is 59.6 Å². The predicted molar refractivity (Wildman–Crippen MR) is 178 cm³/mol. The van der Waals surface area contributed by atoms with Crippen LogP contribution in [0.15, 0.2) is 73.1 Å². The van der Waals surface area contributed by atoms with Gasteiger partial charge in [-0.3, -0.25) is 10.3 Å². The van der Waals surface area contributed by atoms with Crippen LogP contribution in [0.1, 0.15) is 43.4 Å². The molecule has 0 saturated carbocycles. The number of hydrogen-bond donors (Lipinski definition) is 1. The Balaban J connectivity index is 1.30. The number of likely N-dealkylation sites (tertiary alicyclic amines) is 1. The summed E-state index contributed by atoms with van der Waals surface area (Å²) < 4.78 is 22.6. The molecule has 1 N–H and O–H groups in total. The van der Waals surface area contributed by atoms with Crippen LogP contribution in [0.3, 0.4) is 0 Å². The molecule has 2 aromatic carbocycles. The average Bonchev–Trinajstić information content (AvgIpc) is 3.53. The second-order valence-electron chi connectivity index (χ2n) is 11.0. The highest BCUT2D eigenvalue weighted by molar-refractivity contribution is 7.13. The van der Waals surface area contributed by atoms with Crippen LogP contribution in [0.2, 0.25) is 10.0 Å². The molecule has 2 atom stereocenters. The smallest absolute Gasteiger partial charge is 0.348 e. The van der Waals surface area contributed by atoms with Crippen molar-refractivity contribution in [2.24, 2.45) is 5.92 Å². The van der Waals surface area contributed by atoms with Gasteiger partial charge in [-0.15, -0.1) is 11.3 Å². The van der Waals surface area contributed by atoms with E-state index in [0.717, 1.165) is 23.5 Å². The van der Waals surface area contributed by atoms with Gasteiger partial charge >= 0.3 is 11.9 Å². The van der Waals surface area contributed by atoms with E-state index in [2.05, 4.69) is 15.2 Å². The molecular formula is C34H35Cl2N3O6S. The van der Waals surface area contributed by atoms with Crippen LogP contribution in [0.5, 0.6) is 11.5 Å². The van der Waals surface area contributed by atoms with Crippen LogP contribution < -0.4 is 14.8 Å². The molecule has 1 aliphatic rings. The largest absolute Gasteiger partial charge is 0.493 e. The number of nitrogens with one attached hydrogen (secondary N) is 1. The monoisotopic (exact) mass is 683 g/mol. The van der Waals surface area contributed by atoms with E-state index in [1.165, 1.54) is 30.8 Å². The van der Waals surface area contributed by atoms with Gasteiger partial charge in [0.1, 0.15) is 17.0 Å². The van der Waals surface area contributed by atoms with Crippen molar-refractivity contribution in [2.75, 3.05) is 41.0 Å². The third-order valence-corrected chi connectivity index (χ3v) is 9.40. The van der Waals surface area contributed by atoms with Crippen molar-refractivity contribution in [1.29, 1.82) is 0 Å². The van der Waals surface area contributed by atoms with E-state index in [9.17, 15) is 9.59 Å². The molecule has 3 heterocycles. The topological polar surface area (TPSA) is 99.2 Å². The number of pyridine rings is 1. The lowest BCUT2D eigenvalue weighted by Crippen LogP contribution is -2.46. The molecule has 0 aliphatic carbocycles. The molecule has 4 aromatic rings. The first-order valence-corrected chi connectivity index (χ1v) is 16.3. The maximum atomic E-state index is 13.5. The highest BCUT2D eigenvalue weighted by atomic mass is 35.5. The zero-order valence-electron chi connectivity index (χ0n) is 25.7. The fourth-order valence-corrected chi connectivity index (χ4v) is 6.63. The Hall–Kier alpha value is -3.67. The quantitative estimate of drug-likeness (QED) is 0.149. The standard InChI is InChI=1S/C34H35Cl2N3O6S/c1-39-18-21(19-39)20-44-34(41)32(22-7-5-4-6-8-22)38-15-24-10-12-31(46-24)33(40)45-29(14-25-26(35)16-37-17-27(25)36)23-9-11-28(42-2)30(13-23)43-3/h4-13,16-17,21,29,32,38H,14-15,18-20H2,1-3H3/t29-,32?/m0/s1. The number of aromatic nitrogens is 1. The van der Waals surface area contributed by atoms with Crippen molar-refractivity contribution in [3.8, 4) is 11.5 Å². The van der Waals surface area contributed by atoms with Crippen LogP contribution >= 0.6 is 34.5 Å². The molecule has 0 bridgehead atoms. The van der Waals surface area contributed by atoms with E-state index < -0.39 is 18.1 Å². The molecule has 1 unspecified atom stereocenters. The van der Waals surface area contributed by atoms with Crippen molar-refractivity contribution >= 4 is 46.5 Å². The number of methoxy groups -OCH3 is 2. The van der Waals surface area contributed by atoms with E-state index in [4.69, 9.17) is 42.1 Å². The summed E-state index contributed by atoms with van der Waals surface area (Å²) in [5.74, 6) is 0.540. The Morgan fingerprint density at radius 1 is 0.978 bits per heavy atom. The molecule has 0 radical (unpaired) electrons. The summed E-state index contributed by atoms with van der Waals surface area (Å²) in [4.78, 5) is 34.1. The van der Waals surface area contributed by atoms with Gasteiger partial charge in [0.2, 0.25) is 0 Å². The number of benzene rings is 2. The maximum Gasteiger partial charge on any atom is 0.348 e. The van der Waals surface area contributed by atoms with Gasteiger partial charge in [-0.05, 0) is 48.0 Å². The molecular weight excluding hydrogens is 649 g/mol. The SMILES string of the molecule is COc1ccc([C@H](Cc2c(Cl)cncc2Cl)OC(=O)c2ccc(CNC(C(=O)OCC3CN(C)C3)c3ccccc3)s2)cc1OC. The van der Waals surface area contributed by atoms with Crippen LogP contribution in [0, 0.1) is 5.92 Å². The summed E-state index contributed by atoms with van der Waals surface area (Å²) in [6.45, 7) is 2.57. The molecule has 1 fully saturated rings. The zero-order valence-corrected chi connectivity index (χ0v) is 28.0. The summed E-state index contributed by atoms with van der Waals surface area (Å²) in [7, 11) is 5.13. The van der Waals surface area contributed by atoms with Crippen molar-refractivity contribution in [3.63, 3.8) is 0 Å². The highest BCUT2D eigenvalue weighted by Gasteiger charge is 2.28. The van der Waals surface area contributed by atoms with E-state index in [1.54, 1.807) is 31.4 Å². The van der Waals surface area contributed by atoms with E-state index in [0.29, 0.717) is 56.6 Å². The summed E-state index contributed by atoms with van der Waals surface area (Å²) >= 11 is 14.1. The van der Waals surface area contributed by atoms with Crippen molar-refractivity contribution in [3.05, 3.63) is 110 Å². The lowest BCUT2D eigenvalue weighted by atomic mass is 10.0. The van der Waals surface area contributed by atoms with Crippen LogP contribution in [0.25, 0.3) is 0 Å². The zero-order chi connectivity index (χ0) is 32.6. The average molecular weight is 685 g/mol. The Morgan fingerprint density at radius 3 is 2.37 bits per heavy atom. The van der Waals surface area contributed by atoms with E-state index in [1.807, 2.05) is 43.4 Å². The molecule has 2 aromatic heterocycles. The lowest BCUT2D eigenvalue weighted by Gasteiger charge is -2.35. The van der Waals surface area contributed by atoms with Crippen LogP contribution in [0.4, 0.5) is 0 Å². The first-order chi connectivity index (χ1) is 22.2. The first kappa shape index (κ1) is 33.7. The number of carbonyl (C=O) groups is 2. The minimum atomic E-state index is -0.749. The van der Waals surface area contributed by atoms with Gasteiger partial charge in [-0.2, -0.15) is 0 Å². The first-order valence-electron chi connectivity index (χ1n) is 14.7. The second kappa shape index (κ2) is 15.8. The minimum Gasteiger partial charge on any atom is -0.493 e. The Bertz CT molecular complexity index is 1630. The van der Waals surface area contributed by atoms with Gasteiger partial charge in [0.05, 0.1) is 30.9 Å². The number of esters is 2. The molecule has 0 spiro atoms. The van der Waals surface area contributed by atoms with E-state index in [-0.39, 0.29) is 12.4 Å². The van der Waals surface area contributed by atoms with Gasteiger partial charge in [0.15, 0.2) is 11.5 Å². The van der Waals surface area contributed by atoms with Gasteiger partial charge in [0, 0.05) is 49.2 Å². The van der Waals surface area contributed by atoms with Crippen LogP contribution in [-0.4, -0.2) is 62.8 Å². The number of thiophene rings is 1. The number of ether oxygens (including phenoxy) is 4. The Morgan fingerprint density at radius 2 is 1.70 bits per heavy atom. The van der Waals surface area contributed by atoms with Gasteiger partial charge < -0.3 is 23.8 Å². The summed E-state index contributed by atoms with van der Waals surface area (Å²) in [5.41, 5.74) is 2.08. The molecule has 5 rings (SSSR count). The van der Waals surface area contributed by atoms with E-state index >= 15 is 0 Å². The summed E-state index contributed by atoms with van der Waals surface area (Å²) in [6.07, 6.45) is 2.46. The highest BCUT2D eigenvalue weighted by Crippen LogP contribution is 2.36. The molecule has 0 amide bonds. The molecule has 242 valence electrons. The lowest BCUT2D eigenvalue weighted by molar-refractivity contribution is -0.149. The van der Waals surface area contributed by atoms with Crippen LogP contribution in [-0.2, 0) is 27.2 Å². The number of carbonyl (C=O) groups excluding carboxylic acids is 2. The molecule has 1 aliphatic heterocycles. The number of nitrogens with zero attached hydrogens (tertiary/aromatic N) is 2. The third-order valence-electron chi connectivity index (χ3n) is 7.68. The maximum absolute atomic E-state index is 13.5. The van der Waals surface area contributed by atoms with Crippen molar-refractivity contribution < 1.29 is 28.5 Å². The number of halogens is 2. The molecule has 46 heavy (non-hydrogen) atoms. The number of hydrogen-bond acceptors (Lipinski definition) is 10. The van der Waals surface area contributed by atoms with Crippen molar-refractivity contribution in [2.45, 2.75) is 25.1 Å². The van der Waals surface area contributed by atoms with Crippen molar-refractivity contribution in [1.82, 2.24) is 15.2 Å². The molecule has 1 saturated heterocycles. The summed E-state index contributed by atoms with van der Waals surface area (Å²) in [5, 5.41) is 4.05. The third kappa shape index (κ3) is 8.37. The fourth-order valence-electron chi connectivity index (χ4n) is 5.27. The van der Waals surface area contributed by atoms with Gasteiger partial charge in [0.25, 0.3) is 0 Å². The predicted octanol–water partition coefficient (Wildman–Crippen LogP) is 6.54. The van der Waals surface area contributed by atoms with Gasteiger partial charge in [-0.25, -0.2) is 9.59 Å². The Labute approximate surface area is 282 Å². The minimum absolute atomic E-state index is 0.208. The normalized spacial score (nSPS) is 14.6. The molecule has 12 heteroatoms. The molecule has 9 nitrogen and oxygen atoms in total. The Kier molecular flexibility index (Phi) is 11.5. The fraction of sp³-hybridized carbons (Fsp3) is 0.324.